The van der Waals surface area contributed by atoms with E-state index >= 15 is 0 Å². The summed E-state index contributed by atoms with van der Waals surface area (Å²) in [5.41, 5.74) is 0. The van der Waals surface area contributed by atoms with Gasteiger partial charge in [0.15, 0.2) is 5.96 Å². The molecule has 0 amide bonds. The number of halogens is 1. The smallest absolute Gasteiger partial charge is 0.193 e. The highest BCUT2D eigenvalue weighted by molar-refractivity contribution is 14.0. The highest BCUT2D eigenvalue weighted by atomic mass is 127. The average Bonchev–Trinajstić information content (AvgIpc) is 3.20. The fourth-order valence-corrected chi connectivity index (χ4v) is 5.73. The molecule has 3 heterocycles. The van der Waals surface area contributed by atoms with Crippen LogP contribution in [0.15, 0.2) is 22.5 Å². The predicted molar refractivity (Wildman–Crippen MR) is 129 cm³/mol. The van der Waals surface area contributed by atoms with E-state index in [1.807, 2.05) is 18.4 Å². The molecule has 0 saturated carbocycles. The van der Waals surface area contributed by atoms with Gasteiger partial charge >= 0.3 is 0 Å². The Kier molecular flexibility index (Phi) is 10.2. The second-order valence-electron chi connectivity index (χ2n) is 7.21. The third-order valence-electron chi connectivity index (χ3n) is 5.16. The van der Waals surface area contributed by atoms with Crippen LogP contribution < -0.4 is 5.32 Å². The molecule has 2 aliphatic rings. The number of nitrogens with one attached hydrogen (secondary N) is 1. The summed E-state index contributed by atoms with van der Waals surface area (Å²) in [4.78, 5) is 11.0. The van der Waals surface area contributed by atoms with Crippen LogP contribution in [0.4, 0.5) is 0 Å². The lowest BCUT2D eigenvalue weighted by Gasteiger charge is -2.38. The van der Waals surface area contributed by atoms with Gasteiger partial charge in [-0.05, 0) is 17.4 Å². The van der Waals surface area contributed by atoms with E-state index in [1.165, 1.54) is 10.6 Å². The molecule has 1 aromatic heterocycles. The fraction of sp³-hybridized carbons (Fsp3) is 0.737. The van der Waals surface area contributed by atoms with E-state index in [4.69, 9.17) is 4.74 Å². The number of aliphatic imine (C=N–C) groups is 1. The maximum atomic E-state index is 5.55. The summed E-state index contributed by atoms with van der Waals surface area (Å²) in [7, 11) is 1.91. The zero-order chi connectivity index (χ0) is 18.4. The van der Waals surface area contributed by atoms with Crippen molar-refractivity contribution in [2.45, 2.75) is 25.1 Å². The van der Waals surface area contributed by atoms with Gasteiger partial charge in [-0.25, -0.2) is 0 Å². The molecule has 8 heteroatoms. The summed E-state index contributed by atoms with van der Waals surface area (Å²) in [6.45, 7) is 11.4. The summed E-state index contributed by atoms with van der Waals surface area (Å²) in [5, 5.41) is 6.54. The zero-order valence-electron chi connectivity index (χ0n) is 16.6. The van der Waals surface area contributed by atoms with Crippen LogP contribution in [0.5, 0.6) is 0 Å². The molecule has 0 bridgehead atoms. The topological polar surface area (TPSA) is 40.1 Å². The molecule has 1 aromatic rings. The lowest BCUT2D eigenvalue weighted by Crippen LogP contribution is -2.51. The first-order valence-electron chi connectivity index (χ1n) is 9.61. The number of hydrogen-bond donors (Lipinski definition) is 1. The number of ether oxygens (including phenoxy) is 1. The Morgan fingerprint density at radius 3 is 2.74 bits per heavy atom. The second-order valence-corrected chi connectivity index (χ2v) is 9.53. The molecule has 2 unspecified atom stereocenters. The first-order chi connectivity index (χ1) is 12.7. The van der Waals surface area contributed by atoms with Crippen molar-refractivity contribution in [1.82, 2.24) is 15.1 Å². The molecule has 0 spiro atoms. The number of thioether (sulfide) groups is 1. The van der Waals surface area contributed by atoms with Gasteiger partial charge < -0.3 is 15.0 Å². The number of thiophene rings is 1. The van der Waals surface area contributed by atoms with Gasteiger partial charge in [0.05, 0.1) is 19.3 Å². The summed E-state index contributed by atoms with van der Waals surface area (Å²) in [6.07, 6.45) is 0. The SMILES string of the molecule is CN=C(NCC(c1cccs1)N1CCOCC1)N1CCSC(C(C)C)C1.I. The Morgan fingerprint density at radius 1 is 1.33 bits per heavy atom. The molecule has 2 atom stereocenters. The predicted octanol–water partition coefficient (Wildman–Crippen LogP) is 3.39. The molecule has 0 radical (unpaired) electrons. The van der Waals surface area contributed by atoms with Crippen molar-refractivity contribution in [2.24, 2.45) is 10.9 Å². The maximum Gasteiger partial charge on any atom is 0.193 e. The van der Waals surface area contributed by atoms with E-state index in [0.717, 1.165) is 51.9 Å². The highest BCUT2D eigenvalue weighted by Crippen LogP contribution is 2.27. The van der Waals surface area contributed by atoms with Crippen LogP contribution in [0.2, 0.25) is 0 Å². The first kappa shape index (κ1) is 23.3. The van der Waals surface area contributed by atoms with Crippen LogP contribution in [-0.2, 0) is 4.74 Å². The summed E-state index contributed by atoms with van der Waals surface area (Å²) in [6, 6.07) is 4.79. The molecule has 2 saturated heterocycles. The van der Waals surface area contributed by atoms with Gasteiger partial charge in [0, 0.05) is 55.7 Å². The van der Waals surface area contributed by atoms with Crippen molar-refractivity contribution in [3.63, 3.8) is 0 Å². The molecule has 3 rings (SSSR count). The Labute approximate surface area is 189 Å². The average molecular weight is 525 g/mol. The van der Waals surface area contributed by atoms with Crippen molar-refractivity contribution >= 4 is 53.0 Å². The molecule has 154 valence electrons. The minimum Gasteiger partial charge on any atom is -0.379 e. The van der Waals surface area contributed by atoms with E-state index in [9.17, 15) is 0 Å². The van der Waals surface area contributed by atoms with E-state index < -0.39 is 0 Å². The summed E-state index contributed by atoms with van der Waals surface area (Å²) < 4.78 is 5.55. The van der Waals surface area contributed by atoms with E-state index in [1.54, 1.807) is 0 Å². The van der Waals surface area contributed by atoms with E-state index in [2.05, 4.69) is 63.2 Å². The quantitative estimate of drug-likeness (QED) is 0.364. The molecule has 1 N–H and O–H groups in total. The van der Waals surface area contributed by atoms with Gasteiger partial charge in [-0.3, -0.25) is 9.89 Å². The molecule has 27 heavy (non-hydrogen) atoms. The minimum absolute atomic E-state index is 0. The standard InChI is InChI=1S/C19H32N4OS2.HI/c1-15(2)18-14-23(8-12-26-18)19(20-3)21-13-16(17-5-4-11-25-17)22-6-9-24-10-7-22;/h4-5,11,15-16,18H,6-10,12-14H2,1-3H3,(H,20,21);1H. The molecule has 0 aromatic carbocycles. The number of nitrogens with zero attached hydrogens (tertiary/aromatic N) is 3. The highest BCUT2D eigenvalue weighted by Gasteiger charge is 2.27. The van der Waals surface area contributed by atoms with Gasteiger partial charge in [0.2, 0.25) is 0 Å². The Hall–Kier alpha value is -0.0300. The Bertz CT molecular complexity index is 564. The number of morpholine rings is 1. The van der Waals surface area contributed by atoms with Gasteiger partial charge in [-0.2, -0.15) is 11.8 Å². The molecular weight excluding hydrogens is 491 g/mol. The van der Waals surface area contributed by atoms with Crippen LogP contribution in [0.3, 0.4) is 0 Å². The monoisotopic (exact) mass is 524 g/mol. The largest absolute Gasteiger partial charge is 0.379 e. The second kappa shape index (κ2) is 11.8. The maximum absolute atomic E-state index is 5.55. The van der Waals surface area contributed by atoms with E-state index in [-0.39, 0.29) is 24.0 Å². The number of hydrogen-bond acceptors (Lipinski definition) is 5. The fourth-order valence-electron chi connectivity index (χ4n) is 3.57. The molecule has 0 aliphatic carbocycles. The molecule has 5 nitrogen and oxygen atoms in total. The lowest BCUT2D eigenvalue weighted by molar-refractivity contribution is 0.0176. The molecule has 2 aliphatic heterocycles. The van der Waals surface area contributed by atoms with Crippen molar-refractivity contribution < 1.29 is 4.74 Å². The van der Waals surface area contributed by atoms with Crippen LogP contribution in [0.1, 0.15) is 24.8 Å². The Morgan fingerprint density at radius 2 is 2.11 bits per heavy atom. The van der Waals surface area contributed by atoms with Crippen LogP contribution in [0, 0.1) is 5.92 Å². The van der Waals surface area contributed by atoms with Crippen molar-refractivity contribution in [3.05, 3.63) is 22.4 Å². The molecule has 2 fully saturated rings. The van der Waals surface area contributed by atoms with Gasteiger partial charge in [0.25, 0.3) is 0 Å². The minimum atomic E-state index is 0. The first-order valence-corrected chi connectivity index (χ1v) is 11.5. The third kappa shape index (κ3) is 6.48. The number of guanidine groups is 1. The number of rotatable bonds is 5. The van der Waals surface area contributed by atoms with Crippen molar-refractivity contribution in [3.8, 4) is 0 Å². The Balaban J connectivity index is 0.00000261. The van der Waals surface area contributed by atoms with Crippen LogP contribution in [0.25, 0.3) is 0 Å². The van der Waals surface area contributed by atoms with Crippen LogP contribution in [-0.4, -0.2) is 79.7 Å². The van der Waals surface area contributed by atoms with E-state index in [0.29, 0.717) is 17.2 Å². The summed E-state index contributed by atoms with van der Waals surface area (Å²) in [5.74, 6) is 2.93. The van der Waals surface area contributed by atoms with Gasteiger partial charge in [-0.1, -0.05) is 19.9 Å². The van der Waals surface area contributed by atoms with Gasteiger partial charge in [0.1, 0.15) is 0 Å². The summed E-state index contributed by atoms with van der Waals surface area (Å²) >= 11 is 3.95. The zero-order valence-corrected chi connectivity index (χ0v) is 20.6. The van der Waals surface area contributed by atoms with Crippen LogP contribution >= 0.6 is 47.1 Å². The van der Waals surface area contributed by atoms with Gasteiger partial charge in [-0.15, -0.1) is 35.3 Å². The molecular formula is C19H33IN4OS2. The van der Waals surface area contributed by atoms with Crippen molar-refractivity contribution in [2.75, 3.05) is 58.7 Å². The third-order valence-corrected chi connectivity index (χ3v) is 7.67. The van der Waals surface area contributed by atoms with Crippen molar-refractivity contribution in [1.29, 1.82) is 0 Å². The normalized spacial score (nSPS) is 23.2. The lowest BCUT2D eigenvalue weighted by atomic mass is 10.1.